The summed E-state index contributed by atoms with van der Waals surface area (Å²) in [5, 5.41) is 10.4. The van der Waals surface area contributed by atoms with Crippen molar-refractivity contribution in [1.82, 2.24) is 19.6 Å². The van der Waals surface area contributed by atoms with Gasteiger partial charge in [0, 0.05) is 0 Å². The predicted molar refractivity (Wildman–Crippen MR) is 49.0 cm³/mol. The lowest BCUT2D eigenvalue weighted by Gasteiger charge is -1.91. The summed E-state index contributed by atoms with van der Waals surface area (Å²) in [4.78, 5) is 15.0. The minimum atomic E-state index is -0.199. The molecule has 13 heavy (non-hydrogen) atoms. The molecule has 3 heterocycles. The van der Waals surface area contributed by atoms with E-state index in [1.807, 2.05) is 11.4 Å². The number of hydrogen-bond donors (Lipinski definition) is 1. The molecule has 5 nitrogen and oxygen atoms in total. The van der Waals surface area contributed by atoms with Crippen LogP contribution in [0.4, 0.5) is 0 Å². The Morgan fingerprint density at radius 3 is 3.38 bits per heavy atom. The number of nitrogens with one attached hydrogen (secondary N) is 1. The first-order valence-corrected chi connectivity index (χ1v) is 4.53. The lowest BCUT2D eigenvalue weighted by atomic mass is 10.4. The Kier molecular flexibility index (Phi) is 1.13. The highest BCUT2D eigenvalue weighted by Gasteiger charge is 2.05. The van der Waals surface area contributed by atoms with Crippen LogP contribution in [0.25, 0.3) is 15.9 Å². The molecule has 0 unspecified atom stereocenters. The molecule has 0 radical (unpaired) electrons. The third-order valence-electron chi connectivity index (χ3n) is 1.89. The van der Waals surface area contributed by atoms with Gasteiger partial charge in [0.1, 0.15) is 11.2 Å². The number of aromatic nitrogens is 4. The number of aromatic amines is 1. The first kappa shape index (κ1) is 6.79. The number of H-pyrrole nitrogens is 1. The average Bonchev–Trinajstić information content (AvgIpc) is 2.66. The maximum atomic E-state index is 11.4. The molecule has 3 aromatic rings. The zero-order valence-corrected chi connectivity index (χ0v) is 7.21. The summed E-state index contributed by atoms with van der Waals surface area (Å²) in [6.07, 6.45) is 1.41. The van der Waals surface area contributed by atoms with Crippen LogP contribution in [0.15, 0.2) is 22.6 Å². The summed E-state index contributed by atoms with van der Waals surface area (Å²) in [5.41, 5.74) is 0.412. The molecule has 0 atom stereocenters. The molecule has 0 aliphatic rings. The molecular formula is C7H4N4OS. The van der Waals surface area contributed by atoms with Gasteiger partial charge in [-0.3, -0.25) is 4.98 Å². The first-order valence-electron chi connectivity index (χ1n) is 3.65. The summed E-state index contributed by atoms with van der Waals surface area (Å²) in [7, 11) is 0. The van der Waals surface area contributed by atoms with Gasteiger partial charge in [-0.2, -0.15) is 0 Å². The van der Waals surface area contributed by atoms with E-state index in [9.17, 15) is 4.79 Å². The molecule has 0 fully saturated rings. The molecule has 0 saturated heterocycles. The second kappa shape index (κ2) is 2.17. The smallest absolute Gasteiger partial charge is 0.298 e. The van der Waals surface area contributed by atoms with Crippen molar-refractivity contribution >= 4 is 27.2 Å². The number of hydrogen-bond acceptors (Lipinski definition) is 4. The predicted octanol–water partition coefficient (Wildman–Crippen LogP) is 0.632. The molecule has 0 aromatic carbocycles. The first-order chi connectivity index (χ1) is 6.36. The fraction of sp³-hybridized carbons (Fsp3) is 0. The van der Waals surface area contributed by atoms with Crippen LogP contribution in [0.2, 0.25) is 0 Å². The fourth-order valence-electron chi connectivity index (χ4n) is 1.31. The zero-order chi connectivity index (χ0) is 8.84. The van der Waals surface area contributed by atoms with Gasteiger partial charge in [0.2, 0.25) is 0 Å². The molecule has 6 heteroatoms. The molecular weight excluding hydrogens is 188 g/mol. The Morgan fingerprint density at radius 1 is 1.54 bits per heavy atom. The lowest BCUT2D eigenvalue weighted by molar-refractivity contribution is 1.02. The summed E-state index contributed by atoms with van der Waals surface area (Å²) in [5.74, 6) is 0. The van der Waals surface area contributed by atoms with E-state index in [1.165, 1.54) is 22.1 Å². The Labute approximate surface area is 75.7 Å². The van der Waals surface area contributed by atoms with Crippen molar-refractivity contribution in [3.05, 3.63) is 28.3 Å². The van der Waals surface area contributed by atoms with E-state index < -0.39 is 0 Å². The van der Waals surface area contributed by atoms with E-state index in [-0.39, 0.29) is 5.69 Å². The minimum absolute atomic E-state index is 0.199. The van der Waals surface area contributed by atoms with Crippen molar-refractivity contribution in [2.75, 3.05) is 0 Å². The van der Waals surface area contributed by atoms with E-state index in [1.54, 1.807) is 0 Å². The summed E-state index contributed by atoms with van der Waals surface area (Å²) in [6, 6.07) is 1.92. The average molecular weight is 192 g/mol. The van der Waals surface area contributed by atoms with Crippen LogP contribution < -0.4 is 5.69 Å². The molecule has 0 saturated carbocycles. The van der Waals surface area contributed by atoms with Crippen LogP contribution in [-0.2, 0) is 0 Å². The van der Waals surface area contributed by atoms with E-state index in [4.69, 9.17) is 0 Å². The summed E-state index contributed by atoms with van der Waals surface area (Å²) >= 11 is 1.48. The quantitative estimate of drug-likeness (QED) is 0.568. The van der Waals surface area contributed by atoms with Gasteiger partial charge in [-0.1, -0.05) is 0 Å². The van der Waals surface area contributed by atoms with Crippen LogP contribution >= 0.6 is 11.3 Å². The van der Waals surface area contributed by atoms with Crippen LogP contribution in [0.5, 0.6) is 0 Å². The monoisotopic (exact) mass is 192 g/mol. The van der Waals surface area contributed by atoms with Gasteiger partial charge < -0.3 is 0 Å². The number of rotatable bonds is 0. The Balaban J connectivity index is 2.79. The molecule has 0 spiro atoms. The lowest BCUT2D eigenvalue weighted by Crippen LogP contribution is -2.14. The van der Waals surface area contributed by atoms with Crippen LogP contribution in [0.3, 0.4) is 0 Å². The summed E-state index contributed by atoms with van der Waals surface area (Å²) < 4.78 is 1.40. The molecule has 3 rings (SSSR count). The molecule has 0 bridgehead atoms. The third-order valence-corrected chi connectivity index (χ3v) is 2.72. The van der Waals surface area contributed by atoms with Gasteiger partial charge in [0.15, 0.2) is 5.65 Å². The number of fused-ring (bicyclic) bond motifs is 3. The van der Waals surface area contributed by atoms with Gasteiger partial charge in [-0.25, -0.2) is 9.20 Å². The Morgan fingerprint density at radius 2 is 2.46 bits per heavy atom. The highest BCUT2D eigenvalue weighted by atomic mass is 32.1. The number of nitrogens with zero attached hydrogens (tertiary/aromatic N) is 3. The maximum Gasteiger partial charge on any atom is 0.333 e. The van der Waals surface area contributed by atoms with E-state index >= 15 is 0 Å². The normalized spacial score (nSPS) is 11.4. The largest absolute Gasteiger partial charge is 0.333 e. The Hall–Kier alpha value is -1.69. The molecule has 64 valence electrons. The molecule has 0 amide bonds. The van der Waals surface area contributed by atoms with Crippen molar-refractivity contribution in [2.24, 2.45) is 0 Å². The van der Waals surface area contributed by atoms with Gasteiger partial charge in [-0.15, -0.1) is 21.5 Å². The summed E-state index contributed by atoms with van der Waals surface area (Å²) in [6.45, 7) is 0. The minimum Gasteiger partial charge on any atom is -0.298 e. The standard InChI is InChI=1S/C7H4N4OS/c12-7-9-6-4(1-2-13-6)5-10-8-3-11(5)7/h1-3H,(H,9,12). The molecule has 1 N–H and O–H groups in total. The van der Waals surface area contributed by atoms with Crippen molar-refractivity contribution in [3.8, 4) is 0 Å². The van der Waals surface area contributed by atoms with Crippen molar-refractivity contribution in [3.63, 3.8) is 0 Å². The van der Waals surface area contributed by atoms with Crippen molar-refractivity contribution in [2.45, 2.75) is 0 Å². The van der Waals surface area contributed by atoms with Crippen LogP contribution in [-0.4, -0.2) is 19.6 Å². The van der Waals surface area contributed by atoms with E-state index in [0.29, 0.717) is 5.65 Å². The van der Waals surface area contributed by atoms with Crippen LogP contribution in [0, 0.1) is 0 Å². The van der Waals surface area contributed by atoms with Gasteiger partial charge in [0.25, 0.3) is 0 Å². The van der Waals surface area contributed by atoms with Gasteiger partial charge in [-0.05, 0) is 11.4 Å². The molecule has 0 aliphatic carbocycles. The SMILES string of the molecule is O=c1[nH]c2sccc2c2nncn12. The van der Waals surface area contributed by atoms with E-state index in [0.717, 1.165) is 10.2 Å². The van der Waals surface area contributed by atoms with E-state index in [2.05, 4.69) is 15.2 Å². The van der Waals surface area contributed by atoms with Crippen molar-refractivity contribution in [1.29, 1.82) is 0 Å². The number of thiophene rings is 1. The highest BCUT2D eigenvalue weighted by Crippen LogP contribution is 2.19. The van der Waals surface area contributed by atoms with Gasteiger partial charge in [0.05, 0.1) is 5.39 Å². The molecule has 3 aromatic heterocycles. The third kappa shape index (κ3) is 0.775. The van der Waals surface area contributed by atoms with Crippen molar-refractivity contribution < 1.29 is 0 Å². The Bertz CT molecular complexity index is 634. The second-order valence-electron chi connectivity index (χ2n) is 2.62. The second-order valence-corrected chi connectivity index (χ2v) is 3.53. The highest BCUT2D eigenvalue weighted by molar-refractivity contribution is 7.16. The maximum absolute atomic E-state index is 11.4. The fourth-order valence-corrected chi connectivity index (χ4v) is 2.08. The molecule has 0 aliphatic heterocycles. The van der Waals surface area contributed by atoms with Crippen LogP contribution in [0.1, 0.15) is 0 Å². The van der Waals surface area contributed by atoms with Gasteiger partial charge >= 0.3 is 5.69 Å². The topological polar surface area (TPSA) is 63.0 Å². The zero-order valence-electron chi connectivity index (χ0n) is 6.39.